The van der Waals surface area contributed by atoms with Crippen LogP contribution in [0.3, 0.4) is 0 Å². The number of nitrogens with zero attached hydrogens (tertiary/aromatic N) is 1. The highest BCUT2D eigenvalue weighted by Gasteiger charge is 2.23. The third-order valence-electron chi connectivity index (χ3n) is 3.04. The summed E-state index contributed by atoms with van der Waals surface area (Å²) in [7, 11) is 0. The van der Waals surface area contributed by atoms with Crippen LogP contribution in [0.25, 0.3) is 11.3 Å². The average Bonchev–Trinajstić information content (AvgIpc) is 2.80. The van der Waals surface area contributed by atoms with Crippen LogP contribution in [-0.4, -0.2) is 9.97 Å². The van der Waals surface area contributed by atoms with Crippen molar-refractivity contribution in [2.45, 2.75) is 32.2 Å². The molecule has 0 radical (unpaired) electrons. The van der Waals surface area contributed by atoms with Crippen LogP contribution in [0.1, 0.15) is 32.5 Å². The largest absolute Gasteiger partial charge is 0.340 e. The molecule has 1 unspecified atom stereocenters. The van der Waals surface area contributed by atoms with Crippen LogP contribution in [0.2, 0.25) is 0 Å². The van der Waals surface area contributed by atoms with E-state index < -0.39 is 0 Å². The Labute approximate surface area is 121 Å². The topological polar surface area (TPSA) is 54.7 Å². The summed E-state index contributed by atoms with van der Waals surface area (Å²) >= 11 is 2.30. The third kappa shape index (κ3) is 2.92. The highest BCUT2D eigenvalue weighted by Crippen LogP contribution is 2.24. The van der Waals surface area contributed by atoms with Gasteiger partial charge in [0.1, 0.15) is 5.82 Å². The van der Waals surface area contributed by atoms with Crippen molar-refractivity contribution in [2.75, 3.05) is 0 Å². The Bertz CT molecular complexity index is 514. The predicted molar refractivity (Wildman–Crippen MR) is 83.2 cm³/mol. The van der Waals surface area contributed by atoms with E-state index in [0.29, 0.717) is 0 Å². The Morgan fingerprint density at radius 3 is 2.61 bits per heavy atom. The lowest BCUT2D eigenvalue weighted by molar-refractivity contribution is 0.423. The van der Waals surface area contributed by atoms with Gasteiger partial charge < -0.3 is 10.7 Å². The number of benzene rings is 1. The van der Waals surface area contributed by atoms with Crippen molar-refractivity contribution in [3.8, 4) is 11.3 Å². The summed E-state index contributed by atoms with van der Waals surface area (Å²) in [4.78, 5) is 7.76. The van der Waals surface area contributed by atoms with Gasteiger partial charge in [-0.25, -0.2) is 4.98 Å². The first-order valence-electron chi connectivity index (χ1n) is 6.13. The van der Waals surface area contributed by atoms with Gasteiger partial charge in [-0.15, -0.1) is 0 Å². The molecule has 96 valence electrons. The molecule has 2 aromatic rings. The molecule has 1 atom stereocenters. The number of halogens is 1. The maximum absolute atomic E-state index is 6.27. The van der Waals surface area contributed by atoms with Gasteiger partial charge in [-0.2, -0.15) is 0 Å². The van der Waals surface area contributed by atoms with Crippen molar-refractivity contribution in [3.05, 3.63) is 39.9 Å². The van der Waals surface area contributed by atoms with Crippen molar-refractivity contribution >= 4 is 22.6 Å². The van der Waals surface area contributed by atoms with Crippen molar-refractivity contribution in [1.29, 1.82) is 0 Å². The van der Waals surface area contributed by atoms with Crippen molar-refractivity contribution in [3.63, 3.8) is 0 Å². The fourth-order valence-electron chi connectivity index (χ4n) is 2.03. The first-order chi connectivity index (χ1) is 8.53. The number of aromatic nitrogens is 2. The van der Waals surface area contributed by atoms with E-state index in [4.69, 9.17) is 5.73 Å². The van der Waals surface area contributed by atoms with Gasteiger partial charge >= 0.3 is 0 Å². The average molecular weight is 355 g/mol. The summed E-state index contributed by atoms with van der Waals surface area (Å²) in [5.74, 6) is 0.859. The van der Waals surface area contributed by atoms with E-state index in [-0.39, 0.29) is 5.54 Å². The second kappa shape index (κ2) is 5.40. The van der Waals surface area contributed by atoms with Crippen LogP contribution >= 0.6 is 22.6 Å². The van der Waals surface area contributed by atoms with Gasteiger partial charge in [0.2, 0.25) is 0 Å². The lowest BCUT2D eigenvalue weighted by Gasteiger charge is -2.21. The maximum atomic E-state index is 6.27. The summed E-state index contributed by atoms with van der Waals surface area (Å²) in [5.41, 5.74) is 8.05. The molecule has 3 N–H and O–H groups in total. The summed E-state index contributed by atoms with van der Waals surface area (Å²) in [6.45, 7) is 4.15. The van der Waals surface area contributed by atoms with E-state index in [0.717, 1.165) is 29.9 Å². The van der Waals surface area contributed by atoms with Crippen LogP contribution in [0.4, 0.5) is 0 Å². The second-order valence-corrected chi connectivity index (χ2v) is 6.07. The minimum absolute atomic E-state index is 0.379. The molecule has 1 heterocycles. The number of hydrogen-bond acceptors (Lipinski definition) is 2. The van der Waals surface area contributed by atoms with Gasteiger partial charge in [-0.1, -0.05) is 25.5 Å². The first-order valence-corrected chi connectivity index (χ1v) is 7.21. The zero-order chi connectivity index (χ0) is 13.2. The number of rotatable bonds is 4. The van der Waals surface area contributed by atoms with E-state index in [1.54, 1.807) is 0 Å². The summed E-state index contributed by atoms with van der Waals surface area (Å²) in [6, 6.07) is 8.35. The van der Waals surface area contributed by atoms with Gasteiger partial charge in [0.05, 0.1) is 17.4 Å². The maximum Gasteiger partial charge on any atom is 0.126 e. The second-order valence-electron chi connectivity index (χ2n) is 4.82. The standard InChI is InChI=1S/C14H18IN3/c1-3-8-14(2,16)13-17-9-12(18-13)10-4-6-11(15)7-5-10/h4-7,9H,3,8,16H2,1-2H3,(H,17,18). The highest BCUT2D eigenvalue weighted by molar-refractivity contribution is 14.1. The van der Waals surface area contributed by atoms with Crippen molar-refractivity contribution in [2.24, 2.45) is 5.73 Å². The molecule has 0 aliphatic heterocycles. The first kappa shape index (κ1) is 13.5. The molecule has 1 aromatic heterocycles. The SMILES string of the molecule is CCCC(C)(N)c1ncc(-c2ccc(I)cc2)[nH]1. The Kier molecular flexibility index (Phi) is 4.07. The number of nitrogens with one attached hydrogen (secondary N) is 1. The molecule has 18 heavy (non-hydrogen) atoms. The summed E-state index contributed by atoms with van der Waals surface area (Å²) < 4.78 is 1.23. The molecule has 3 nitrogen and oxygen atoms in total. The van der Waals surface area contributed by atoms with Gasteiger partial charge in [0.25, 0.3) is 0 Å². The molecule has 4 heteroatoms. The zero-order valence-corrected chi connectivity index (χ0v) is 12.9. The Morgan fingerprint density at radius 2 is 2.00 bits per heavy atom. The quantitative estimate of drug-likeness (QED) is 0.823. The molecule has 0 spiro atoms. The van der Waals surface area contributed by atoms with Crippen molar-refractivity contribution in [1.82, 2.24) is 9.97 Å². The van der Waals surface area contributed by atoms with E-state index in [1.807, 2.05) is 13.1 Å². The van der Waals surface area contributed by atoms with Crippen LogP contribution < -0.4 is 5.73 Å². The Hall–Kier alpha value is -0.880. The van der Waals surface area contributed by atoms with Gasteiger partial charge in [0.15, 0.2) is 0 Å². The molecule has 0 fully saturated rings. The van der Waals surface area contributed by atoms with Crippen LogP contribution in [0.15, 0.2) is 30.5 Å². The third-order valence-corrected chi connectivity index (χ3v) is 3.76. The molecule has 2 rings (SSSR count). The number of H-pyrrole nitrogens is 1. The molecule has 0 saturated heterocycles. The summed E-state index contributed by atoms with van der Waals surface area (Å²) in [6.07, 6.45) is 3.83. The fourth-order valence-corrected chi connectivity index (χ4v) is 2.38. The zero-order valence-electron chi connectivity index (χ0n) is 10.7. The fraction of sp³-hybridized carbons (Fsp3) is 0.357. The smallest absolute Gasteiger partial charge is 0.126 e. The molecule has 0 aliphatic carbocycles. The normalized spacial score (nSPS) is 14.4. The molecule has 1 aromatic carbocycles. The molecule has 0 bridgehead atoms. The summed E-state index contributed by atoms with van der Waals surface area (Å²) in [5, 5.41) is 0. The van der Waals surface area contributed by atoms with E-state index in [9.17, 15) is 0 Å². The van der Waals surface area contributed by atoms with E-state index >= 15 is 0 Å². The monoisotopic (exact) mass is 355 g/mol. The minimum Gasteiger partial charge on any atom is -0.340 e. The molecule has 0 aliphatic rings. The van der Waals surface area contributed by atoms with Crippen molar-refractivity contribution < 1.29 is 0 Å². The van der Waals surface area contributed by atoms with Gasteiger partial charge in [-0.05, 0) is 53.6 Å². The molecule has 0 amide bonds. The minimum atomic E-state index is -0.379. The lowest BCUT2D eigenvalue weighted by atomic mass is 9.97. The number of imidazole rings is 1. The Morgan fingerprint density at radius 1 is 1.33 bits per heavy atom. The van der Waals surface area contributed by atoms with E-state index in [2.05, 4.69) is 63.7 Å². The number of aromatic amines is 1. The molecular weight excluding hydrogens is 337 g/mol. The van der Waals surface area contributed by atoms with E-state index in [1.165, 1.54) is 3.57 Å². The van der Waals surface area contributed by atoms with Crippen LogP contribution in [0.5, 0.6) is 0 Å². The van der Waals surface area contributed by atoms with Gasteiger partial charge in [0, 0.05) is 3.57 Å². The molecular formula is C14H18IN3. The highest BCUT2D eigenvalue weighted by atomic mass is 127. The Balaban J connectivity index is 2.28. The molecule has 0 saturated carbocycles. The van der Waals surface area contributed by atoms with Gasteiger partial charge in [-0.3, -0.25) is 0 Å². The predicted octanol–water partition coefficient (Wildman–Crippen LogP) is 3.66. The van der Waals surface area contributed by atoms with Crippen LogP contribution in [0, 0.1) is 3.57 Å². The number of nitrogens with two attached hydrogens (primary N) is 1. The number of hydrogen-bond donors (Lipinski definition) is 2. The van der Waals surface area contributed by atoms with Crippen LogP contribution in [-0.2, 0) is 5.54 Å². The lowest BCUT2D eigenvalue weighted by Crippen LogP contribution is -2.34.